The van der Waals surface area contributed by atoms with Gasteiger partial charge < -0.3 is 10.1 Å². The molecule has 3 aliphatic rings. The maximum Gasteiger partial charge on any atom is 0.160 e. The van der Waals surface area contributed by atoms with Gasteiger partial charge in [-0.25, -0.2) is 9.97 Å². The van der Waals surface area contributed by atoms with Crippen LogP contribution >= 0.6 is 0 Å². The average molecular weight is 792 g/mol. The first kappa shape index (κ1) is 34.8. The SMILES string of the molecule is c1ccc(-c2nc(-c3ccc(-c4ccc5c(c4)-c4cc6c(cc4C(c4ccccc4)N5)-c4ccccc4C64c5ccccc5Oc5ccccc54)cc3)c3ccccc3n2)cc1. The van der Waals surface area contributed by atoms with E-state index in [9.17, 15) is 0 Å². The molecule has 0 saturated carbocycles. The molecule has 1 aliphatic carbocycles. The van der Waals surface area contributed by atoms with E-state index in [1.165, 1.54) is 55.6 Å². The van der Waals surface area contributed by atoms with E-state index >= 15 is 0 Å². The van der Waals surface area contributed by atoms with Crippen molar-refractivity contribution in [3.05, 3.63) is 246 Å². The number of aromatic nitrogens is 2. The van der Waals surface area contributed by atoms with Gasteiger partial charge in [-0.3, -0.25) is 0 Å². The van der Waals surface area contributed by atoms with Crippen LogP contribution in [-0.2, 0) is 5.41 Å². The quantitative estimate of drug-likeness (QED) is 0.193. The molecule has 1 aromatic heterocycles. The van der Waals surface area contributed by atoms with Gasteiger partial charge in [0.15, 0.2) is 5.82 Å². The molecule has 0 fully saturated rings. The van der Waals surface area contributed by atoms with Crippen LogP contribution in [0.15, 0.2) is 212 Å². The molecule has 4 nitrogen and oxygen atoms in total. The number of anilines is 1. The highest BCUT2D eigenvalue weighted by Gasteiger charge is 2.51. The zero-order chi connectivity index (χ0) is 40.8. The fourth-order valence-electron chi connectivity index (χ4n) is 10.4. The minimum atomic E-state index is -0.557. The minimum absolute atomic E-state index is 0.0319. The third-order valence-corrected chi connectivity index (χ3v) is 13.2. The Balaban J connectivity index is 0.992. The largest absolute Gasteiger partial charge is 0.457 e. The Morgan fingerprint density at radius 2 is 1.05 bits per heavy atom. The number of para-hydroxylation sites is 3. The normalized spacial score (nSPS) is 14.7. The first-order valence-electron chi connectivity index (χ1n) is 21.3. The Morgan fingerprint density at radius 3 is 1.82 bits per heavy atom. The second kappa shape index (κ2) is 13.5. The van der Waals surface area contributed by atoms with Crippen LogP contribution in [-0.4, -0.2) is 9.97 Å². The number of nitrogens with zero attached hydrogens (tertiary/aromatic N) is 2. The number of rotatable bonds is 4. The summed E-state index contributed by atoms with van der Waals surface area (Å²) in [6, 6.07) is 76.2. The van der Waals surface area contributed by atoms with Gasteiger partial charge in [0, 0.05) is 38.9 Å². The van der Waals surface area contributed by atoms with Gasteiger partial charge in [0.05, 0.1) is 22.7 Å². The molecule has 1 atom stereocenters. The maximum atomic E-state index is 6.67. The molecule has 1 N–H and O–H groups in total. The van der Waals surface area contributed by atoms with Crippen LogP contribution in [0.4, 0.5) is 5.69 Å². The maximum absolute atomic E-state index is 6.67. The number of nitrogens with one attached hydrogen (secondary N) is 1. The van der Waals surface area contributed by atoms with Gasteiger partial charge in [0.2, 0.25) is 0 Å². The lowest BCUT2D eigenvalue weighted by Gasteiger charge is -2.40. The first-order chi connectivity index (χ1) is 30.7. The first-order valence-corrected chi connectivity index (χ1v) is 21.3. The van der Waals surface area contributed by atoms with Gasteiger partial charge in [0.25, 0.3) is 0 Å². The fraction of sp³-hybridized carbons (Fsp3) is 0.0345. The molecule has 0 saturated heterocycles. The zero-order valence-corrected chi connectivity index (χ0v) is 33.6. The van der Waals surface area contributed by atoms with Gasteiger partial charge in [-0.1, -0.05) is 170 Å². The standard InChI is InChI=1S/C58H37N3O/c1-3-15-37(16-4-1)56-46-34-44-41-19-7-9-21-47(41)58(48-22-10-13-25-53(48)62-54-26-14-11-23-49(54)58)50(44)35-43(46)45-33-40(31-32-52(45)59-56)36-27-29-38(30-28-36)55-42-20-8-12-24-51(42)60-57(61-55)39-17-5-2-6-18-39/h1-35,56,59H. The summed E-state index contributed by atoms with van der Waals surface area (Å²) in [6.45, 7) is 0. The van der Waals surface area contributed by atoms with Crippen molar-refractivity contribution in [3.63, 3.8) is 0 Å². The summed E-state index contributed by atoms with van der Waals surface area (Å²) in [6.07, 6.45) is 0. The van der Waals surface area contributed by atoms with Crippen molar-refractivity contribution in [1.29, 1.82) is 0 Å². The van der Waals surface area contributed by atoms with E-state index in [0.29, 0.717) is 0 Å². The minimum Gasteiger partial charge on any atom is -0.457 e. The van der Waals surface area contributed by atoms with Crippen LogP contribution in [0.25, 0.3) is 66.9 Å². The lowest BCUT2D eigenvalue weighted by atomic mass is 9.65. The van der Waals surface area contributed by atoms with Crippen LogP contribution in [0.1, 0.15) is 39.4 Å². The molecule has 9 aromatic carbocycles. The number of fused-ring (bicyclic) bond motifs is 13. The van der Waals surface area contributed by atoms with E-state index in [-0.39, 0.29) is 6.04 Å². The number of hydrogen-bond donors (Lipinski definition) is 1. The van der Waals surface area contributed by atoms with Crippen molar-refractivity contribution < 1.29 is 4.74 Å². The molecule has 1 spiro atoms. The van der Waals surface area contributed by atoms with Gasteiger partial charge in [-0.15, -0.1) is 0 Å². The molecule has 10 aromatic rings. The fourth-order valence-corrected chi connectivity index (χ4v) is 10.4. The lowest BCUT2D eigenvalue weighted by Crippen LogP contribution is -2.32. The summed E-state index contributed by atoms with van der Waals surface area (Å²) in [5.41, 5.74) is 19.1. The summed E-state index contributed by atoms with van der Waals surface area (Å²) in [4.78, 5) is 10.1. The van der Waals surface area contributed by atoms with Crippen LogP contribution in [0, 0.1) is 0 Å². The summed E-state index contributed by atoms with van der Waals surface area (Å²) in [5, 5.41) is 5.03. The predicted molar refractivity (Wildman–Crippen MR) is 251 cm³/mol. The molecule has 2 aliphatic heterocycles. The third kappa shape index (κ3) is 5.07. The van der Waals surface area contributed by atoms with E-state index in [4.69, 9.17) is 14.7 Å². The Hall–Kier alpha value is -8.08. The summed E-state index contributed by atoms with van der Waals surface area (Å²) >= 11 is 0. The number of benzene rings is 9. The van der Waals surface area contributed by atoms with E-state index in [0.717, 1.165) is 61.9 Å². The monoisotopic (exact) mass is 791 g/mol. The summed E-state index contributed by atoms with van der Waals surface area (Å²) in [5.74, 6) is 2.52. The lowest BCUT2D eigenvalue weighted by molar-refractivity contribution is 0.436. The zero-order valence-electron chi connectivity index (χ0n) is 33.6. The smallest absolute Gasteiger partial charge is 0.160 e. The molecule has 0 radical (unpaired) electrons. The van der Waals surface area contributed by atoms with Gasteiger partial charge in [-0.2, -0.15) is 0 Å². The highest BCUT2D eigenvalue weighted by molar-refractivity contribution is 5.97. The van der Waals surface area contributed by atoms with Crippen molar-refractivity contribution in [2.24, 2.45) is 0 Å². The third-order valence-electron chi connectivity index (χ3n) is 13.2. The van der Waals surface area contributed by atoms with E-state index in [1.807, 2.05) is 24.3 Å². The van der Waals surface area contributed by atoms with Gasteiger partial charge in [-0.05, 0) is 92.5 Å². The molecular weight excluding hydrogens is 755 g/mol. The molecule has 0 amide bonds. The van der Waals surface area contributed by atoms with E-state index < -0.39 is 5.41 Å². The topological polar surface area (TPSA) is 47.0 Å². The average Bonchev–Trinajstić information content (AvgIpc) is 3.62. The van der Waals surface area contributed by atoms with Crippen LogP contribution in [0.2, 0.25) is 0 Å². The van der Waals surface area contributed by atoms with Crippen molar-refractivity contribution in [1.82, 2.24) is 9.97 Å². The van der Waals surface area contributed by atoms with Crippen molar-refractivity contribution in [2.75, 3.05) is 5.32 Å². The van der Waals surface area contributed by atoms with Crippen molar-refractivity contribution in [3.8, 4) is 67.5 Å². The van der Waals surface area contributed by atoms with E-state index in [1.54, 1.807) is 0 Å². The van der Waals surface area contributed by atoms with Crippen LogP contribution in [0.5, 0.6) is 11.5 Å². The molecular formula is C58H37N3O. The second-order valence-corrected chi connectivity index (χ2v) is 16.5. The Bertz CT molecular complexity index is 3370. The predicted octanol–water partition coefficient (Wildman–Crippen LogP) is 14.3. The van der Waals surface area contributed by atoms with Gasteiger partial charge >= 0.3 is 0 Å². The van der Waals surface area contributed by atoms with Gasteiger partial charge in [0.1, 0.15) is 11.5 Å². The summed E-state index contributed by atoms with van der Waals surface area (Å²) < 4.78 is 6.67. The van der Waals surface area contributed by atoms with E-state index in [2.05, 4.69) is 193 Å². The Kier molecular flexibility index (Phi) is 7.55. The number of hydrogen-bond acceptors (Lipinski definition) is 4. The molecule has 1 unspecified atom stereocenters. The highest BCUT2D eigenvalue weighted by atomic mass is 16.5. The Morgan fingerprint density at radius 1 is 0.419 bits per heavy atom. The second-order valence-electron chi connectivity index (χ2n) is 16.5. The van der Waals surface area contributed by atoms with Crippen LogP contribution < -0.4 is 10.1 Å². The van der Waals surface area contributed by atoms with Crippen molar-refractivity contribution in [2.45, 2.75) is 11.5 Å². The molecule has 3 heterocycles. The molecule has 4 heteroatoms. The highest BCUT2D eigenvalue weighted by Crippen LogP contribution is 2.63. The van der Waals surface area contributed by atoms with Crippen molar-refractivity contribution >= 4 is 16.6 Å². The molecule has 62 heavy (non-hydrogen) atoms. The Labute approximate surface area is 359 Å². The molecule has 0 bridgehead atoms. The number of ether oxygens (including phenoxy) is 1. The molecule has 290 valence electrons. The summed E-state index contributed by atoms with van der Waals surface area (Å²) in [7, 11) is 0. The molecule has 13 rings (SSSR count). The van der Waals surface area contributed by atoms with Crippen LogP contribution in [0.3, 0.4) is 0 Å².